The van der Waals surface area contributed by atoms with E-state index in [0.717, 1.165) is 49.8 Å². The third-order valence-corrected chi connectivity index (χ3v) is 5.64. The number of rotatable bonds is 5. The molecule has 0 spiro atoms. The van der Waals surface area contributed by atoms with E-state index >= 15 is 0 Å². The number of hydrogen-bond donors (Lipinski definition) is 3. The molecule has 4 N–H and O–H groups in total. The van der Waals surface area contributed by atoms with Crippen LogP contribution in [-0.2, 0) is 9.59 Å². The monoisotopic (exact) mass is 329 g/mol. The summed E-state index contributed by atoms with van der Waals surface area (Å²) in [6.07, 6.45) is 5.12. The summed E-state index contributed by atoms with van der Waals surface area (Å²) in [5.74, 6) is -0.113. The number of hydrogen-bond acceptors (Lipinski definition) is 3. The number of carbonyl (C=O) groups is 2. The summed E-state index contributed by atoms with van der Waals surface area (Å²) in [4.78, 5) is 25.0. The minimum atomic E-state index is -0.690. The first-order valence-electron chi connectivity index (χ1n) is 8.81. The Labute approximate surface area is 143 Å². The van der Waals surface area contributed by atoms with Crippen molar-refractivity contribution in [2.24, 2.45) is 11.1 Å². The molecule has 0 heterocycles. The summed E-state index contributed by atoms with van der Waals surface area (Å²) < 4.78 is 0. The van der Waals surface area contributed by atoms with Crippen molar-refractivity contribution in [1.29, 1.82) is 0 Å². The Hall–Kier alpha value is -1.88. The largest absolute Gasteiger partial charge is 0.353 e. The highest BCUT2D eigenvalue weighted by Gasteiger charge is 2.48. The van der Waals surface area contributed by atoms with Gasteiger partial charge in [0, 0.05) is 12.2 Å². The molecule has 5 heteroatoms. The number of anilines is 1. The molecular formula is C19H27N3O2. The fraction of sp³-hybridized carbons (Fsp3) is 0.579. The molecule has 2 aliphatic carbocycles. The molecule has 24 heavy (non-hydrogen) atoms. The van der Waals surface area contributed by atoms with Crippen molar-refractivity contribution in [3.8, 4) is 0 Å². The Balaban J connectivity index is 1.68. The Morgan fingerprint density at radius 1 is 1.04 bits per heavy atom. The maximum absolute atomic E-state index is 12.9. The number of aryl methyl sites for hydroxylation is 2. The molecule has 0 bridgehead atoms. The predicted octanol–water partition coefficient (Wildman–Crippen LogP) is 2.41. The minimum absolute atomic E-state index is 0.00502. The number of carbonyl (C=O) groups excluding carboxylic acids is 2. The number of amides is 2. The molecule has 0 atom stereocenters. The lowest BCUT2D eigenvalue weighted by Crippen LogP contribution is -2.49. The molecule has 3 rings (SSSR count). The Morgan fingerprint density at radius 3 is 2.29 bits per heavy atom. The average molecular weight is 329 g/mol. The lowest BCUT2D eigenvalue weighted by molar-refractivity contribution is -0.127. The summed E-state index contributed by atoms with van der Waals surface area (Å²) in [6.45, 7) is 4.46. The zero-order valence-corrected chi connectivity index (χ0v) is 14.6. The maximum Gasteiger partial charge on any atom is 0.240 e. The smallest absolute Gasteiger partial charge is 0.240 e. The van der Waals surface area contributed by atoms with E-state index in [1.165, 1.54) is 5.56 Å². The summed E-state index contributed by atoms with van der Waals surface area (Å²) >= 11 is 0. The van der Waals surface area contributed by atoms with Crippen LogP contribution in [0.2, 0.25) is 0 Å². The van der Waals surface area contributed by atoms with Crippen LogP contribution in [-0.4, -0.2) is 23.9 Å². The standard InChI is InChI=1S/C19H27N3O2/c1-13-5-6-15(11-14(13)2)22-16(23)18(7-3-4-8-18)12-21-17(24)19(20)9-10-19/h5-6,11H,3-4,7-10,12,20H2,1-2H3,(H,21,24)(H,22,23). The quantitative estimate of drug-likeness (QED) is 0.775. The summed E-state index contributed by atoms with van der Waals surface area (Å²) in [6, 6.07) is 5.94. The van der Waals surface area contributed by atoms with Gasteiger partial charge in [-0.2, -0.15) is 0 Å². The van der Waals surface area contributed by atoms with Gasteiger partial charge in [0.1, 0.15) is 0 Å². The van der Waals surface area contributed by atoms with E-state index in [2.05, 4.69) is 17.6 Å². The van der Waals surface area contributed by atoms with Crippen LogP contribution in [0.15, 0.2) is 18.2 Å². The van der Waals surface area contributed by atoms with Crippen molar-refractivity contribution in [1.82, 2.24) is 5.32 Å². The molecule has 2 amide bonds. The highest BCUT2D eigenvalue weighted by atomic mass is 16.2. The van der Waals surface area contributed by atoms with E-state index < -0.39 is 11.0 Å². The Bertz CT molecular complexity index is 659. The molecule has 0 unspecified atom stereocenters. The van der Waals surface area contributed by atoms with Gasteiger partial charge in [-0.1, -0.05) is 18.9 Å². The Kier molecular flexibility index (Phi) is 4.38. The summed E-state index contributed by atoms with van der Waals surface area (Å²) in [5, 5.41) is 5.98. The van der Waals surface area contributed by atoms with Crippen molar-refractivity contribution in [3.63, 3.8) is 0 Å². The molecule has 0 aliphatic heterocycles. The number of nitrogens with one attached hydrogen (secondary N) is 2. The minimum Gasteiger partial charge on any atom is -0.353 e. The van der Waals surface area contributed by atoms with Crippen LogP contribution in [0.3, 0.4) is 0 Å². The molecule has 2 saturated carbocycles. The van der Waals surface area contributed by atoms with Crippen LogP contribution >= 0.6 is 0 Å². The van der Waals surface area contributed by atoms with Gasteiger partial charge in [-0.3, -0.25) is 9.59 Å². The van der Waals surface area contributed by atoms with E-state index in [9.17, 15) is 9.59 Å². The zero-order valence-electron chi connectivity index (χ0n) is 14.6. The van der Waals surface area contributed by atoms with Gasteiger partial charge in [0.25, 0.3) is 0 Å². The lowest BCUT2D eigenvalue weighted by Gasteiger charge is -2.28. The first-order valence-corrected chi connectivity index (χ1v) is 8.81. The van der Waals surface area contributed by atoms with Crippen LogP contribution in [0.5, 0.6) is 0 Å². The van der Waals surface area contributed by atoms with Crippen LogP contribution < -0.4 is 16.4 Å². The average Bonchev–Trinajstić information content (AvgIpc) is 3.12. The van der Waals surface area contributed by atoms with Crippen molar-refractivity contribution >= 4 is 17.5 Å². The van der Waals surface area contributed by atoms with Gasteiger partial charge in [-0.05, 0) is 62.8 Å². The van der Waals surface area contributed by atoms with E-state index in [1.807, 2.05) is 25.1 Å². The van der Waals surface area contributed by atoms with Crippen molar-refractivity contribution in [2.75, 3.05) is 11.9 Å². The van der Waals surface area contributed by atoms with Gasteiger partial charge in [0.05, 0.1) is 11.0 Å². The molecule has 0 saturated heterocycles. The maximum atomic E-state index is 12.9. The van der Waals surface area contributed by atoms with E-state index in [0.29, 0.717) is 6.54 Å². The molecule has 2 aliphatic rings. The highest BCUT2D eigenvalue weighted by Crippen LogP contribution is 2.39. The molecule has 2 fully saturated rings. The van der Waals surface area contributed by atoms with Crippen molar-refractivity contribution < 1.29 is 9.59 Å². The van der Waals surface area contributed by atoms with Gasteiger partial charge < -0.3 is 16.4 Å². The molecule has 0 aromatic heterocycles. The first-order chi connectivity index (χ1) is 11.3. The van der Waals surface area contributed by atoms with Crippen LogP contribution in [0, 0.1) is 19.3 Å². The van der Waals surface area contributed by atoms with Gasteiger partial charge in [0.15, 0.2) is 0 Å². The second-order valence-corrected chi connectivity index (χ2v) is 7.58. The SMILES string of the molecule is Cc1ccc(NC(=O)C2(CNC(=O)C3(N)CC3)CCCC2)cc1C. The first kappa shape index (κ1) is 17.0. The molecule has 1 aromatic rings. The van der Waals surface area contributed by atoms with E-state index in [1.54, 1.807) is 0 Å². The molecule has 130 valence electrons. The molecule has 1 aromatic carbocycles. The molecule has 0 radical (unpaired) electrons. The fourth-order valence-electron chi connectivity index (χ4n) is 3.41. The topological polar surface area (TPSA) is 84.2 Å². The van der Waals surface area contributed by atoms with Crippen LogP contribution in [0.1, 0.15) is 49.7 Å². The molecular weight excluding hydrogens is 302 g/mol. The predicted molar refractivity (Wildman–Crippen MR) is 94.6 cm³/mol. The summed E-state index contributed by atoms with van der Waals surface area (Å²) in [5.41, 5.74) is 7.90. The van der Waals surface area contributed by atoms with Crippen molar-refractivity contribution in [3.05, 3.63) is 29.3 Å². The third-order valence-electron chi connectivity index (χ3n) is 5.64. The van der Waals surface area contributed by atoms with Gasteiger partial charge >= 0.3 is 0 Å². The normalized spacial score (nSPS) is 20.5. The van der Waals surface area contributed by atoms with Crippen LogP contribution in [0.25, 0.3) is 0 Å². The molecule has 5 nitrogen and oxygen atoms in total. The van der Waals surface area contributed by atoms with Crippen molar-refractivity contribution in [2.45, 2.75) is 57.9 Å². The van der Waals surface area contributed by atoms with E-state index in [4.69, 9.17) is 5.73 Å². The van der Waals surface area contributed by atoms with Crippen LogP contribution in [0.4, 0.5) is 5.69 Å². The Morgan fingerprint density at radius 2 is 1.71 bits per heavy atom. The number of benzene rings is 1. The summed E-state index contributed by atoms with van der Waals surface area (Å²) in [7, 11) is 0. The van der Waals surface area contributed by atoms with Gasteiger partial charge in [-0.15, -0.1) is 0 Å². The fourth-order valence-corrected chi connectivity index (χ4v) is 3.41. The lowest BCUT2D eigenvalue weighted by atomic mass is 9.84. The van der Waals surface area contributed by atoms with E-state index in [-0.39, 0.29) is 11.8 Å². The second kappa shape index (κ2) is 6.20. The highest BCUT2D eigenvalue weighted by molar-refractivity contribution is 5.96. The number of nitrogens with two attached hydrogens (primary N) is 1. The van der Waals surface area contributed by atoms with Gasteiger partial charge in [-0.25, -0.2) is 0 Å². The zero-order chi connectivity index (χ0) is 17.4. The van der Waals surface area contributed by atoms with Gasteiger partial charge in [0.2, 0.25) is 11.8 Å². The second-order valence-electron chi connectivity index (χ2n) is 7.58. The third kappa shape index (κ3) is 3.31.